The van der Waals surface area contributed by atoms with Gasteiger partial charge in [-0.25, -0.2) is 0 Å². The van der Waals surface area contributed by atoms with Crippen LogP contribution >= 0.6 is 0 Å². The molecular formula is C32H52. The van der Waals surface area contributed by atoms with Crippen molar-refractivity contribution in [2.45, 2.75) is 119 Å². The third-order valence-corrected chi connectivity index (χ3v) is 5.55. The SMILES string of the molecule is [2H]C([2H])([2H])C([2H])(c1ccccc1C(C)(C)C)C([2H])([2H])[2H].[2H]C([2H])(c1cccc(C([2H])(C)C(C)C)c1C(C)(C)C)C(C)C. The van der Waals surface area contributed by atoms with E-state index >= 15 is 0 Å². The maximum atomic E-state index is 8.83. The highest BCUT2D eigenvalue weighted by atomic mass is 14.3. The highest BCUT2D eigenvalue weighted by Gasteiger charge is 2.25. The Morgan fingerprint density at radius 2 is 1.34 bits per heavy atom. The Hall–Kier alpha value is -1.56. The lowest BCUT2D eigenvalue weighted by atomic mass is 9.74. The molecule has 0 aliphatic heterocycles. The van der Waals surface area contributed by atoms with Crippen LogP contribution < -0.4 is 0 Å². The van der Waals surface area contributed by atoms with E-state index in [2.05, 4.69) is 34.6 Å². The first kappa shape index (κ1) is 16.1. The molecule has 0 N–H and O–H groups in total. The van der Waals surface area contributed by atoms with Gasteiger partial charge in [-0.2, -0.15) is 0 Å². The van der Waals surface area contributed by atoms with Crippen LogP contribution in [0.1, 0.15) is 143 Å². The van der Waals surface area contributed by atoms with E-state index in [0.29, 0.717) is 5.56 Å². The number of hydrogen-bond donors (Lipinski definition) is 0. The van der Waals surface area contributed by atoms with Gasteiger partial charge in [-0.15, -0.1) is 0 Å². The highest BCUT2D eigenvalue weighted by Crippen LogP contribution is 2.37. The van der Waals surface area contributed by atoms with E-state index in [-0.39, 0.29) is 22.8 Å². The van der Waals surface area contributed by atoms with Crippen molar-refractivity contribution in [1.29, 1.82) is 0 Å². The standard InChI is InChI=1S/C19H32.C13H20/c1-13(2)12-16-10-9-11-17(15(5)14(3)4)18(16)19(6,7)8;1-10(2)11-8-6-7-9-12(11)13(3,4)5/h9-11,13-15H,12H2,1-8H3;6-10H,1-5H3/i12D2,15D;1D3,2D3,10D. The van der Waals surface area contributed by atoms with Gasteiger partial charge in [0.1, 0.15) is 0 Å². The summed E-state index contributed by atoms with van der Waals surface area (Å²) in [5, 5.41) is 0. The molecule has 0 heteroatoms. The quantitative estimate of drug-likeness (QED) is 0.428. The average molecular weight is 447 g/mol. The minimum absolute atomic E-state index is 0.0486. The van der Waals surface area contributed by atoms with Gasteiger partial charge in [0.15, 0.2) is 0 Å². The average Bonchev–Trinajstić information content (AvgIpc) is 2.80. The van der Waals surface area contributed by atoms with E-state index < -0.39 is 37.3 Å². The Morgan fingerprint density at radius 1 is 0.781 bits per heavy atom. The van der Waals surface area contributed by atoms with Crippen molar-refractivity contribution in [1.82, 2.24) is 0 Å². The molecule has 0 aliphatic carbocycles. The maximum absolute atomic E-state index is 8.83. The highest BCUT2D eigenvalue weighted by molar-refractivity contribution is 5.42. The van der Waals surface area contributed by atoms with Crippen LogP contribution in [-0.4, -0.2) is 0 Å². The van der Waals surface area contributed by atoms with Crippen LogP contribution in [-0.2, 0) is 17.2 Å². The van der Waals surface area contributed by atoms with Crippen LogP contribution in [0.15, 0.2) is 42.5 Å². The van der Waals surface area contributed by atoms with Crippen molar-refractivity contribution >= 4 is 0 Å². The summed E-state index contributed by atoms with van der Waals surface area (Å²) in [5.74, 6) is -3.32. The lowest BCUT2D eigenvalue weighted by Crippen LogP contribution is -2.20. The molecule has 2 aromatic rings. The lowest BCUT2D eigenvalue weighted by molar-refractivity contribution is 0.503. The molecule has 1 atom stereocenters. The molecule has 0 saturated heterocycles. The summed E-state index contributed by atoms with van der Waals surface area (Å²) in [6.45, 7) is 15.9. The molecule has 0 nitrogen and oxygen atoms in total. The Labute approximate surface area is 215 Å². The number of rotatable bonds is 5. The summed E-state index contributed by atoms with van der Waals surface area (Å²) in [7, 11) is 0. The summed E-state index contributed by atoms with van der Waals surface area (Å²) in [6, 6.07) is 12.3. The summed E-state index contributed by atoms with van der Waals surface area (Å²) >= 11 is 0. The smallest absolute Gasteiger partial charge is 0.0352 e. The van der Waals surface area contributed by atoms with Gasteiger partial charge in [0.25, 0.3) is 0 Å². The van der Waals surface area contributed by atoms with E-state index in [1.165, 1.54) is 6.07 Å². The summed E-state index contributed by atoms with van der Waals surface area (Å²) < 4.78 is 79.6. The first-order valence-corrected chi connectivity index (χ1v) is 11.7. The van der Waals surface area contributed by atoms with E-state index in [1.807, 2.05) is 59.7 Å². The van der Waals surface area contributed by atoms with E-state index in [1.54, 1.807) is 18.2 Å². The summed E-state index contributed by atoms with van der Waals surface area (Å²) in [4.78, 5) is 0. The first-order chi connectivity index (χ1) is 18.5. The van der Waals surface area contributed by atoms with Crippen molar-refractivity contribution in [2.24, 2.45) is 11.8 Å². The van der Waals surface area contributed by atoms with Crippen molar-refractivity contribution in [2.75, 3.05) is 0 Å². The third kappa shape index (κ3) is 8.09. The first-order valence-electron chi connectivity index (χ1n) is 16.7. The molecule has 0 heterocycles. The minimum Gasteiger partial charge on any atom is -0.0625 e. The van der Waals surface area contributed by atoms with Crippen molar-refractivity contribution in [3.63, 3.8) is 0 Å². The maximum Gasteiger partial charge on any atom is 0.0352 e. The second kappa shape index (κ2) is 11.5. The minimum atomic E-state index is -2.94. The lowest BCUT2D eigenvalue weighted by Gasteiger charge is -2.31. The van der Waals surface area contributed by atoms with Crippen LogP contribution in [0.5, 0.6) is 0 Å². The molecule has 0 saturated carbocycles. The van der Waals surface area contributed by atoms with E-state index in [9.17, 15) is 0 Å². The Morgan fingerprint density at radius 3 is 1.81 bits per heavy atom. The molecule has 32 heavy (non-hydrogen) atoms. The second-order valence-corrected chi connectivity index (χ2v) is 11.3. The van der Waals surface area contributed by atoms with E-state index in [4.69, 9.17) is 13.7 Å². The monoisotopic (exact) mass is 446 g/mol. The molecule has 0 fully saturated rings. The number of benzene rings is 2. The molecule has 1 unspecified atom stereocenters. The largest absolute Gasteiger partial charge is 0.0625 e. The summed E-state index contributed by atoms with van der Waals surface area (Å²) in [6.07, 6.45) is -1.40. The third-order valence-electron chi connectivity index (χ3n) is 5.55. The van der Waals surface area contributed by atoms with Gasteiger partial charge in [-0.05, 0) is 68.6 Å². The van der Waals surface area contributed by atoms with Crippen molar-refractivity contribution in [3.8, 4) is 0 Å². The molecule has 0 aliphatic rings. The van der Waals surface area contributed by atoms with Crippen LogP contribution in [0.2, 0.25) is 0 Å². The fraction of sp³-hybridized carbons (Fsp3) is 0.625. The Bertz CT molecular complexity index is 1140. The molecule has 2 aromatic carbocycles. The van der Waals surface area contributed by atoms with Gasteiger partial charge in [0.05, 0.1) is 0 Å². The normalized spacial score (nSPS) is 20.5. The number of hydrogen-bond acceptors (Lipinski definition) is 0. The second-order valence-electron chi connectivity index (χ2n) is 11.3. The van der Waals surface area contributed by atoms with Gasteiger partial charge in [0.2, 0.25) is 0 Å². The fourth-order valence-corrected chi connectivity index (χ4v) is 3.79. The molecule has 0 amide bonds. The van der Waals surface area contributed by atoms with Gasteiger partial charge < -0.3 is 0 Å². The molecule has 0 bridgehead atoms. The predicted molar refractivity (Wildman–Crippen MR) is 146 cm³/mol. The topological polar surface area (TPSA) is 0 Å². The Kier molecular flexibility index (Phi) is 5.81. The van der Waals surface area contributed by atoms with Crippen molar-refractivity contribution in [3.05, 3.63) is 70.3 Å². The van der Waals surface area contributed by atoms with Crippen LogP contribution in [0.4, 0.5) is 0 Å². The zero-order valence-electron chi connectivity index (χ0n) is 32.2. The summed E-state index contributed by atoms with van der Waals surface area (Å²) in [5.41, 5.74) is 2.67. The molecular weight excluding hydrogens is 384 g/mol. The molecule has 180 valence electrons. The molecule has 2 rings (SSSR count). The molecule has 0 radical (unpaired) electrons. The fourth-order valence-electron chi connectivity index (χ4n) is 3.79. The Balaban J connectivity index is 0.000000422. The molecule has 0 spiro atoms. The van der Waals surface area contributed by atoms with Gasteiger partial charge in [-0.1, -0.05) is 132 Å². The van der Waals surface area contributed by atoms with Gasteiger partial charge in [-0.3, -0.25) is 0 Å². The van der Waals surface area contributed by atoms with Crippen molar-refractivity contribution < 1.29 is 13.7 Å². The zero-order valence-corrected chi connectivity index (χ0v) is 22.2. The van der Waals surface area contributed by atoms with E-state index in [0.717, 1.165) is 16.7 Å². The van der Waals surface area contributed by atoms with Crippen LogP contribution in [0, 0.1) is 11.8 Å². The predicted octanol–water partition coefficient (Wildman–Crippen LogP) is 10.0. The van der Waals surface area contributed by atoms with Gasteiger partial charge >= 0.3 is 0 Å². The van der Waals surface area contributed by atoms with Gasteiger partial charge in [0, 0.05) is 13.7 Å². The molecule has 0 aromatic heterocycles. The zero-order chi connectivity index (χ0) is 33.5. The van der Waals surface area contributed by atoms with Crippen LogP contribution in [0.3, 0.4) is 0 Å². The van der Waals surface area contributed by atoms with Crippen LogP contribution in [0.25, 0.3) is 0 Å².